The van der Waals surface area contributed by atoms with Gasteiger partial charge in [-0.05, 0) is 24.8 Å². The molecule has 3 heteroatoms. The van der Waals surface area contributed by atoms with Gasteiger partial charge in [-0.2, -0.15) is 0 Å². The number of aryl methyl sites for hydroxylation is 1. The van der Waals surface area contributed by atoms with E-state index < -0.39 is 5.97 Å². The van der Waals surface area contributed by atoms with Gasteiger partial charge >= 0.3 is 23.0 Å². The summed E-state index contributed by atoms with van der Waals surface area (Å²) in [5.41, 5.74) is 1.43. The second-order valence-corrected chi connectivity index (χ2v) is 4.85. The van der Waals surface area contributed by atoms with Crippen molar-refractivity contribution in [3.05, 3.63) is 35.9 Å². The molecule has 0 saturated heterocycles. The van der Waals surface area contributed by atoms with Crippen molar-refractivity contribution >= 4 is 23.0 Å². The Labute approximate surface area is 127 Å². The number of aliphatic carboxylic acids is 1. The van der Waals surface area contributed by atoms with E-state index in [1.165, 1.54) is 44.1 Å². The molecule has 1 aromatic carbocycles. The molecule has 0 fully saturated rings. The zero-order valence-corrected chi connectivity index (χ0v) is 13.7. The Morgan fingerprint density at radius 1 is 0.842 bits per heavy atom. The molecule has 0 aliphatic heterocycles. The van der Waals surface area contributed by atoms with Crippen molar-refractivity contribution < 1.29 is 9.90 Å². The number of carboxylic acid groups (broad SMARTS) is 1. The second-order valence-electron chi connectivity index (χ2n) is 4.85. The van der Waals surface area contributed by atoms with Crippen LogP contribution in [0.2, 0.25) is 0 Å². The molecule has 0 unspecified atom stereocenters. The molecule has 0 aliphatic carbocycles. The molecule has 0 heterocycles. The summed E-state index contributed by atoms with van der Waals surface area (Å²) in [4.78, 5) is 10.3. The van der Waals surface area contributed by atoms with Crippen molar-refractivity contribution in [3.8, 4) is 0 Å². The van der Waals surface area contributed by atoms with Gasteiger partial charge in [0, 0.05) is 6.42 Å². The number of carbonyl (C=O) groups is 1. The monoisotopic (exact) mass is 330 g/mol. The van der Waals surface area contributed by atoms with Gasteiger partial charge in [-0.3, -0.25) is 4.79 Å². The van der Waals surface area contributed by atoms with Gasteiger partial charge in [0.25, 0.3) is 0 Å². The van der Waals surface area contributed by atoms with Gasteiger partial charge in [0.15, 0.2) is 0 Å². The third kappa shape index (κ3) is 10.8. The Morgan fingerprint density at radius 2 is 1.37 bits per heavy atom. The maximum atomic E-state index is 10.3. The molecule has 19 heavy (non-hydrogen) atoms. The molecule has 0 aromatic heterocycles. The van der Waals surface area contributed by atoms with Crippen molar-refractivity contribution in [2.45, 2.75) is 57.8 Å². The first-order valence-electron chi connectivity index (χ1n) is 7.05. The van der Waals surface area contributed by atoms with E-state index in [0.29, 0.717) is 6.42 Å². The normalized spacial score (nSPS) is 9.89. The van der Waals surface area contributed by atoms with Crippen LogP contribution in [0.4, 0.5) is 0 Å². The predicted molar refractivity (Wildman–Crippen MR) is 83.3 cm³/mol. The predicted octanol–water partition coefficient (Wildman–Crippen LogP) is 3.52. The number of rotatable bonds is 10. The van der Waals surface area contributed by atoms with Gasteiger partial charge < -0.3 is 5.11 Å². The fourth-order valence-electron chi connectivity index (χ4n) is 2.13. The SMILES string of the molecule is O=C(O)CCCCCCCCCc1ccccc1.[SeH2]. The van der Waals surface area contributed by atoms with Gasteiger partial charge in [0.2, 0.25) is 0 Å². The van der Waals surface area contributed by atoms with Crippen LogP contribution in [0.3, 0.4) is 0 Å². The van der Waals surface area contributed by atoms with Crippen LogP contribution in [0.5, 0.6) is 0 Å². The van der Waals surface area contributed by atoms with Crippen molar-refractivity contribution in [2.24, 2.45) is 0 Å². The molecule has 0 bridgehead atoms. The van der Waals surface area contributed by atoms with E-state index in [1.807, 2.05) is 0 Å². The van der Waals surface area contributed by atoms with Crippen LogP contribution in [0.15, 0.2) is 30.3 Å². The summed E-state index contributed by atoms with van der Waals surface area (Å²) in [5.74, 6) is -0.669. The van der Waals surface area contributed by atoms with Gasteiger partial charge in [-0.1, -0.05) is 62.4 Å². The van der Waals surface area contributed by atoms with Crippen LogP contribution >= 0.6 is 0 Å². The van der Waals surface area contributed by atoms with Gasteiger partial charge in [0.1, 0.15) is 0 Å². The van der Waals surface area contributed by atoms with E-state index >= 15 is 0 Å². The summed E-state index contributed by atoms with van der Waals surface area (Å²) in [7, 11) is 0. The van der Waals surface area contributed by atoms with Gasteiger partial charge in [-0.15, -0.1) is 0 Å². The summed E-state index contributed by atoms with van der Waals surface area (Å²) in [6.45, 7) is 0. The Kier molecular flexibility index (Phi) is 11.7. The van der Waals surface area contributed by atoms with E-state index in [0.717, 1.165) is 12.8 Å². The van der Waals surface area contributed by atoms with Gasteiger partial charge in [-0.25, -0.2) is 0 Å². The Bertz CT molecular complexity index is 325. The minimum absolute atomic E-state index is 0. The number of benzene rings is 1. The molecule has 0 radical (unpaired) electrons. The molecule has 0 saturated carbocycles. The summed E-state index contributed by atoms with van der Waals surface area (Å²) in [6.07, 6.45) is 9.65. The van der Waals surface area contributed by atoms with Crippen LogP contribution in [0.25, 0.3) is 0 Å². The maximum absolute atomic E-state index is 10.3. The molecule has 0 spiro atoms. The van der Waals surface area contributed by atoms with Crippen molar-refractivity contribution in [1.82, 2.24) is 0 Å². The van der Waals surface area contributed by atoms with Gasteiger partial charge in [0.05, 0.1) is 0 Å². The van der Waals surface area contributed by atoms with Crippen LogP contribution in [0.1, 0.15) is 56.9 Å². The fourth-order valence-corrected chi connectivity index (χ4v) is 2.13. The van der Waals surface area contributed by atoms with Crippen molar-refractivity contribution in [1.29, 1.82) is 0 Å². The Morgan fingerprint density at radius 3 is 1.95 bits per heavy atom. The quantitative estimate of drug-likeness (QED) is 0.527. The summed E-state index contributed by atoms with van der Waals surface area (Å²) in [5, 5.41) is 8.49. The number of carboxylic acids is 1. The number of hydrogen-bond acceptors (Lipinski definition) is 1. The molecular formula is C16H26O2Se. The van der Waals surface area contributed by atoms with E-state index in [-0.39, 0.29) is 17.1 Å². The first-order valence-corrected chi connectivity index (χ1v) is 7.05. The summed E-state index contributed by atoms with van der Waals surface area (Å²) in [6, 6.07) is 10.6. The molecular weight excluding hydrogens is 303 g/mol. The number of hydrogen-bond donors (Lipinski definition) is 1. The van der Waals surface area contributed by atoms with Crippen molar-refractivity contribution in [2.75, 3.05) is 0 Å². The molecule has 0 amide bonds. The molecule has 0 atom stereocenters. The van der Waals surface area contributed by atoms with Crippen molar-refractivity contribution in [3.63, 3.8) is 0 Å². The first-order chi connectivity index (χ1) is 8.79. The zero-order valence-electron chi connectivity index (χ0n) is 11.6. The van der Waals surface area contributed by atoms with Crippen LogP contribution in [0, 0.1) is 0 Å². The molecule has 1 aromatic rings. The molecule has 0 aliphatic rings. The second kappa shape index (κ2) is 12.3. The summed E-state index contributed by atoms with van der Waals surface area (Å²) >= 11 is 0. The average molecular weight is 329 g/mol. The molecule has 2 nitrogen and oxygen atoms in total. The Hall–Kier alpha value is -0.791. The standard InChI is InChI=1S/C16H24O2.H2Se/c17-16(18)14-10-5-3-1-2-4-7-11-15-12-8-6-9-13-15;/h6,8-9,12-13H,1-5,7,10-11,14H2,(H,17,18);1H2. The molecule has 108 valence electrons. The minimum atomic E-state index is -0.669. The number of unbranched alkanes of at least 4 members (excludes halogenated alkanes) is 6. The molecule has 1 N–H and O–H groups in total. The third-order valence-electron chi connectivity index (χ3n) is 3.20. The van der Waals surface area contributed by atoms with E-state index in [2.05, 4.69) is 30.3 Å². The topological polar surface area (TPSA) is 37.3 Å². The zero-order chi connectivity index (χ0) is 13.1. The average Bonchev–Trinajstić information content (AvgIpc) is 2.37. The van der Waals surface area contributed by atoms with Crippen LogP contribution in [-0.4, -0.2) is 28.1 Å². The van der Waals surface area contributed by atoms with Crippen LogP contribution in [-0.2, 0) is 11.2 Å². The Balaban J connectivity index is 0.00000324. The van der Waals surface area contributed by atoms with E-state index in [9.17, 15) is 4.79 Å². The van der Waals surface area contributed by atoms with Crippen LogP contribution < -0.4 is 0 Å². The van der Waals surface area contributed by atoms with E-state index in [1.54, 1.807) is 0 Å². The fraction of sp³-hybridized carbons (Fsp3) is 0.562. The summed E-state index contributed by atoms with van der Waals surface area (Å²) < 4.78 is 0. The first kappa shape index (κ1) is 18.2. The third-order valence-corrected chi connectivity index (χ3v) is 3.20. The van der Waals surface area contributed by atoms with E-state index in [4.69, 9.17) is 5.11 Å². The molecule has 1 rings (SSSR count).